The number of halogens is 1. The predicted octanol–water partition coefficient (Wildman–Crippen LogP) is 4.63. The van der Waals surface area contributed by atoms with Crippen LogP contribution in [0.25, 0.3) is 11.3 Å². The molecule has 0 spiro atoms. The van der Waals surface area contributed by atoms with Crippen molar-refractivity contribution in [3.05, 3.63) is 35.6 Å². The number of amides is 1. The van der Waals surface area contributed by atoms with E-state index in [0.29, 0.717) is 44.4 Å². The van der Waals surface area contributed by atoms with Crippen LogP contribution in [0.4, 0.5) is 10.3 Å². The summed E-state index contributed by atoms with van der Waals surface area (Å²) in [4.78, 5) is 17.6. The van der Waals surface area contributed by atoms with Crippen LogP contribution in [-0.2, 0) is 16.1 Å². The van der Waals surface area contributed by atoms with Crippen molar-refractivity contribution in [2.75, 3.05) is 31.2 Å². The smallest absolute Gasteiger partial charge is 0.233 e. The minimum absolute atomic E-state index is 0.106. The number of anilines is 1. The fourth-order valence-corrected chi connectivity index (χ4v) is 4.54. The molecular weight excluding hydrogens is 397 g/mol. The molecule has 0 unspecified atom stereocenters. The Kier molecular flexibility index (Phi) is 6.90. The molecule has 4 rings (SSSR count). The third-order valence-corrected chi connectivity index (χ3v) is 6.62. The summed E-state index contributed by atoms with van der Waals surface area (Å²) in [6.07, 6.45) is 5.06. The Bertz CT molecular complexity index is 871. The number of benzene rings is 1. The van der Waals surface area contributed by atoms with Gasteiger partial charge in [-0.2, -0.15) is 0 Å². The van der Waals surface area contributed by atoms with Crippen molar-refractivity contribution in [2.45, 2.75) is 58.5 Å². The predicted molar refractivity (Wildman–Crippen MR) is 117 cm³/mol. The second kappa shape index (κ2) is 9.81. The summed E-state index contributed by atoms with van der Waals surface area (Å²) in [6, 6.07) is 6.40. The SMILES string of the molecule is CC[C@@H](C)N(Cc1c(-c2ccc(F)cc2)noc1N1CCOCC1)C(=O)C1CCCC1. The average molecular weight is 430 g/mol. The number of hydrogen-bond acceptors (Lipinski definition) is 5. The minimum atomic E-state index is -0.292. The maximum absolute atomic E-state index is 13.5. The quantitative estimate of drug-likeness (QED) is 0.642. The van der Waals surface area contributed by atoms with Crippen LogP contribution >= 0.6 is 0 Å². The Balaban J connectivity index is 1.71. The van der Waals surface area contributed by atoms with E-state index >= 15 is 0 Å². The summed E-state index contributed by atoms with van der Waals surface area (Å²) >= 11 is 0. The van der Waals surface area contributed by atoms with Crippen molar-refractivity contribution in [1.29, 1.82) is 0 Å². The van der Waals surface area contributed by atoms with Gasteiger partial charge >= 0.3 is 0 Å². The van der Waals surface area contributed by atoms with Crippen LogP contribution in [0.2, 0.25) is 0 Å². The number of carbonyl (C=O) groups excluding carboxylic acids is 1. The largest absolute Gasteiger partial charge is 0.378 e. The third kappa shape index (κ3) is 4.76. The van der Waals surface area contributed by atoms with Gasteiger partial charge in [-0.1, -0.05) is 24.9 Å². The van der Waals surface area contributed by atoms with Crippen LogP contribution in [0.15, 0.2) is 28.8 Å². The van der Waals surface area contributed by atoms with Crippen molar-refractivity contribution in [2.24, 2.45) is 5.92 Å². The van der Waals surface area contributed by atoms with E-state index in [2.05, 4.69) is 23.9 Å². The first-order chi connectivity index (χ1) is 15.1. The highest BCUT2D eigenvalue weighted by molar-refractivity contribution is 5.80. The number of carbonyl (C=O) groups is 1. The molecule has 2 aliphatic rings. The molecule has 7 heteroatoms. The average Bonchev–Trinajstić information content (AvgIpc) is 3.48. The molecule has 2 heterocycles. The van der Waals surface area contributed by atoms with Crippen molar-refractivity contribution >= 4 is 11.8 Å². The Morgan fingerprint density at radius 3 is 2.55 bits per heavy atom. The van der Waals surface area contributed by atoms with Crippen molar-refractivity contribution in [3.8, 4) is 11.3 Å². The molecule has 1 amide bonds. The van der Waals surface area contributed by atoms with E-state index in [1.165, 1.54) is 12.1 Å². The lowest BCUT2D eigenvalue weighted by molar-refractivity contribution is -0.138. The first kappa shape index (κ1) is 21.8. The van der Waals surface area contributed by atoms with Crippen LogP contribution in [0, 0.1) is 11.7 Å². The van der Waals surface area contributed by atoms with Gasteiger partial charge in [0.2, 0.25) is 11.8 Å². The maximum Gasteiger partial charge on any atom is 0.233 e. The van der Waals surface area contributed by atoms with E-state index in [0.717, 1.165) is 43.2 Å². The molecule has 0 N–H and O–H groups in total. The van der Waals surface area contributed by atoms with Gasteiger partial charge in [0.05, 0.1) is 25.3 Å². The molecule has 6 nitrogen and oxygen atoms in total. The molecule has 1 saturated heterocycles. The molecule has 1 saturated carbocycles. The molecule has 0 bridgehead atoms. The standard InChI is InChI=1S/C24H32FN3O3/c1-3-17(2)28(23(29)19-6-4-5-7-19)16-21-22(18-8-10-20(25)11-9-18)26-31-24(21)27-12-14-30-15-13-27/h8-11,17,19H,3-7,12-16H2,1-2H3/t17-/m1/s1. The Labute approximate surface area is 183 Å². The van der Waals surface area contributed by atoms with Gasteiger partial charge in [-0.25, -0.2) is 4.39 Å². The first-order valence-electron chi connectivity index (χ1n) is 11.5. The summed E-state index contributed by atoms with van der Waals surface area (Å²) in [6.45, 7) is 7.33. The molecular formula is C24H32FN3O3. The van der Waals surface area contributed by atoms with Crippen LogP contribution in [-0.4, -0.2) is 48.3 Å². The van der Waals surface area contributed by atoms with Gasteiger partial charge in [0, 0.05) is 30.6 Å². The van der Waals surface area contributed by atoms with Crippen LogP contribution in [0.3, 0.4) is 0 Å². The Morgan fingerprint density at radius 2 is 1.90 bits per heavy atom. The number of morpholine rings is 1. The molecule has 2 aromatic rings. The van der Waals surface area contributed by atoms with Gasteiger partial charge in [-0.3, -0.25) is 4.79 Å². The zero-order valence-corrected chi connectivity index (χ0v) is 18.5. The second-order valence-corrected chi connectivity index (χ2v) is 8.63. The number of hydrogen-bond donors (Lipinski definition) is 0. The van der Waals surface area contributed by atoms with Crippen molar-refractivity contribution in [3.63, 3.8) is 0 Å². The van der Waals surface area contributed by atoms with Gasteiger partial charge < -0.3 is 19.1 Å². The fraction of sp³-hybridized carbons (Fsp3) is 0.583. The highest BCUT2D eigenvalue weighted by atomic mass is 19.1. The van der Waals surface area contributed by atoms with Gasteiger partial charge in [-0.05, 0) is 50.5 Å². The maximum atomic E-state index is 13.5. The molecule has 1 atom stereocenters. The lowest BCUT2D eigenvalue weighted by Gasteiger charge is -2.32. The molecule has 1 aliphatic carbocycles. The molecule has 1 aromatic carbocycles. The topological polar surface area (TPSA) is 58.8 Å². The van der Waals surface area contributed by atoms with Gasteiger partial charge in [0.1, 0.15) is 11.5 Å². The van der Waals surface area contributed by atoms with Crippen LogP contribution in [0.5, 0.6) is 0 Å². The highest BCUT2D eigenvalue weighted by Crippen LogP contribution is 2.35. The summed E-state index contributed by atoms with van der Waals surface area (Å²) in [5.74, 6) is 0.732. The summed E-state index contributed by atoms with van der Waals surface area (Å²) in [7, 11) is 0. The van der Waals surface area contributed by atoms with E-state index in [-0.39, 0.29) is 23.7 Å². The molecule has 31 heavy (non-hydrogen) atoms. The summed E-state index contributed by atoms with van der Waals surface area (Å²) in [5.41, 5.74) is 2.35. The van der Waals surface area contributed by atoms with E-state index in [9.17, 15) is 9.18 Å². The normalized spacial score (nSPS) is 18.4. The van der Waals surface area contributed by atoms with Crippen LogP contribution < -0.4 is 4.90 Å². The zero-order chi connectivity index (χ0) is 21.8. The van der Waals surface area contributed by atoms with Gasteiger partial charge in [-0.15, -0.1) is 0 Å². The number of nitrogens with zero attached hydrogens (tertiary/aromatic N) is 3. The van der Waals surface area contributed by atoms with E-state index in [4.69, 9.17) is 9.26 Å². The number of rotatable bonds is 7. The minimum Gasteiger partial charge on any atom is -0.378 e. The first-order valence-corrected chi connectivity index (χ1v) is 11.5. The van der Waals surface area contributed by atoms with Gasteiger partial charge in [0.15, 0.2) is 0 Å². The second-order valence-electron chi connectivity index (χ2n) is 8.63. The van der Waals surface area contributed by atoms with Gasteiger partial charge in [0.25, 0.3) is 0 Å². The Hall–Kier alpha value is -2.41. The van der Waals surface area contributed by atoms with Crippen molar-refractivity contribution < 1.29 is 18.4 Å². The van der Waals surface area contributed by atoms with E-state index in [1.807, 2.05) is 4.90 Å². The number of ether oxygens (including phenoxy) is 1. The third-order valence-electron chi connectivity index (χ3n) is 6.62. The summed E-state index contributed by atoms with van der Waals surface area (Å²) < 4.78 is 24.8. The van der Waals surface area contributed by atoms with Crippen LogP contribution in [0.1, 0.15) is 51.5 Å². The molecule has 1 aliphatic heterocycles. The molecule has 168 valence electrons. The lowest BCUT2D eigenvalue weighted by atomic mass is 10.0. The molecule has 2 fully saturated rings. The van der Waals surface area contributed by atoms with E-state index in [1.54, 1.807) is 12.1 Å². The molecule has 0 radical (unpaired) electrons. The highest BCUT2D eigenvalue weighted by Gasteiger charge is 2.33. The monoisotopic (exact) mass is 429 g/mol. The fourth-order valence-electron chi connectivity index (χ4n) is 4.54. The lowest BCUT2D eigenvalue weighted by Crippen LogP contribution is -2.42. The van der Waals surface area contributed by atoms with E-state index < -0.39 is 0 Å². The molecule has 1 aromatic heterocycles. The summed E-state index contributed by atoms with van der Waals surface area (Å²) in [5, 5.41) is 4.37. The van der Waals surface area contributed by atoms with Crippen molar-refractivity contribution in [1.82, 2.24) is 10.1 Å². The zero-order valence-electron chi connectivity index (χ0n) is 18.5. The number of aromatic nitrogens is 1. The Morgan fingerprint density at radius 1 is 1.23 bits per heavy atom.